The van der Waals surface area contributed by atoms with E-state index in [1.807, 2.05) is 0 Å². The summed E-state index contributed by atoms with van der Waals surface area (Å²) < 4.78 is 27.9. The van der Waals surface area contributed by atoms with E-state index in [0.717, 1.165) is 0 Å². The lowest BCUT2D eigenvalue weighted by molar-refractivity contribution is 0.0369. The minimum Gasteiger partial charge on any atom is -0.456 e. The number of carbonyl (C=O) groups excluding carboxylic acids is 1. The first kappa shape index (κ1) is 12.6. The molecular weight excluding hydrogens is 308 g/mol. The summed E-state index contributed by atoms with van der Waals surface area (Å²) in [5.41, 5.74) is 0.427. The average molecular weight is 319 g/mol. The Morgan fingerprint density at radius 1 is 1.24 bits per heavy atom. The van der Waals surface area contributed by atoms with Crippen molar-refractivity contribution in [2.45, 2.75) is 10.9 Å². The summed E-state index contributed by atoms with van der Waals surface area (Å²) in [5, 5.41) is 0. The molecule has 2 rings (SSSR count). The smallest absolute Gasteiger partial charge is 0.338 e. The Balaban J connectivity index is 2.06. The number of rotatable bonds is 2. The van der Waals surface area contributed by atoms with E-state index >= 15 is 0 Å². The maximum atomic E-state index is 11.7. The number of benzene rings is 1. The van der Waals surface area contributed by atoms with E-state index in [9.17, 15) is 13.2 Å². The molecule has 0 radical (unpaired) electrons. The number of carbonyl (C=O) groups is 1. The van der Waals surface area contributed by atoms with Crippen LogP contribution in [0.1, 0.15) is 10.4 Å². The standard InChI is InChI=1S/C11H11BrO4S/c12-9-6-17(14,15)7-10(9)16-11(13)8-4-2-1-3-5-8/h1-5,9-10H,6-7H2. The highest BCUT2D eigenvalue weighted by Crippen LogP contribution is 2.23. The van der Waals surface area contributed by atoms with Crippen LogP contribution < -0.4 is 0 Å². The van der Waals surface area contributed by atoms with E-state index in [0.29, 0.717) is 5.56 Å². The average Bonchev–Trinajstić information content (AvgIpc) is 2.53. The number of ether oxygens (including phenoxy) is 1. The Bertz CT molecular complexity index is 512. The van der Waals surface area contributed by atoms with Gasteiger partial charge in [0.2, 0.25) is 0 Å². The van der Waals surface area contributed by atoms with Gasteiger partial charge in [-0.1, -0.05) is 34.1 Å². The third-order valence-corrected chi connectivity index (χ3v) is 5.55. The molecule has 1 heterocycles. The number of alkyl halides is 1. The van der Waals surface area contributed by atoms with Crippen LogP contribution in [0.2, 0.25) is 0 Å². The van der Waals surface area contributed by atoms with Crippen LogP contribution >= 0.6 is 15.9 Å². The van der Waals surface area contributed by atoms with Gasteiger partial charge in [-0.25, -0.2) is 13.2 Å². The summed E-state index contributed by atoms with van der Waals surface area (Å²) in [5.74, 6) is -0.585. The molecular formula is C11H11BrO4S. The van der Waals surface area contributed by atoms with E-state index in [4.69, 9.17) is 4.74 Å². The first-order valence-electron chi connectivity index (χ1n) is 5.08. The second kappa shape index (κ2) is 4.78. The molecule has 2 atom stereocenters. The summed E-state index contributed by atoms with van der Waals surface area (Å²) in [6.45, 7) is 0. The van der Waals surface area contributed by atoms with Crippen LogP contribution in [0.4, 0.5) is 0 Å². The van der Waals surface area contributed by atoms with Crippen molar-refractivity contribution in [1.29, 1.82) is 0 Å². The quantitative estimate of drug-likeness (QED) is 0.611. The van der Waals surface area contributed by atoms with Gasteiger partial charge in [-0.3, -0.25) is 0 Å². The molecule has 0 saturated carbocycles. The van der Waals surface area contributed by atoms with Crippen molar-refractivity contribution in [3.8, 4) is 0 Å². The predicted molar refractivity (Wildman–Crippen MR) is 67.0 cm³/mol. The third kappa shape index (κ3) is 3.07. The molecule has 2 unspecified atom stereocenters. The van der Waals surface area contributed by atoms with Gasteiger partial charge in [0.15, 0.2) is 9.84 Å². The van der Waals surface area contributed by atoms with Crippen molar-refractivity contribution in [2.75, 3.05) is 11.5 Å². The minimum atomic E-state index is -3.10. The second-order valence-electron chi connectivity index (χ2n) is 3.90. The zero-order chi connectivity index (χ0) is 12.5. The molecule has 1 aliphatic rings. The van der Waals surface area contributed by atoms with E-state index < -0.39 is 21.9 Å². The van der Waals surface area contributed by atoms with Gasteiger partial charge in [0.05, 0.1) is 21.9 Å². The van der Waals surface area contributed by atoms with Gasteiger partial charge in [0.25, 0.3) is 0 Å². The van der Waals surface area contributed by atoms with Crippen LogP contribution in [-0.2, 0) is 14.6 Å². The lowest BCUT2D eigenvalue weighted by atomic mass is 10.2. The molecule has 92 valence electrons. The number of halogens is 1. The van der Waals surface area contributed by atoms with Crippen molar-refractivity contribution in [1.82, 2.24) is 0 Å². The first-order chi connectivity index (χ1) is 7.98. The molecule has 1 fully saturated rings. The Morgan fingerprint density at radius 3 is 2.41 bits per heavy atom. The molecule has 0 amide bonds. The maximum Gasteiger partial charge on any atom is 0.338 e. The second-order valence-corrected chi connectivity index (χ2v) is 7.23. The zero-order valence-electron chi connectivity index (χ0n) is 8.87. The summed E-state index contributed by atoms with van der Waals surface area (Å²) >= 11 is 3.22. The molecule has 1 saturated heterocycles. The van der Waals surface area contributed by atoms with Crippen molar-refractivity contribution < 1.29 is 17.9 Å². The van der Waals surface area contributed by atoms with E-state index in [-0.39, 0.29) is 16.3 Å². The molecule has 4 nitrogen and oxygen atoms in total. The van der Waals surface area contributed by atoms with Gasteiger partial charge >= 0.3 is 5.97 Å². The van der Waals surface area contributed by atoms with Gasteiger partial charge in [0.1, 0.15) is 6.10 Å². The predicted octanol–water partition coefficient (Wildman–Crippen LogP) is 1.40. The van der Waals surface area contributed by atoms with Gasteiger partial charge in [-0.05, 0) is 12.1 Å². The van der Waals surface area contributed by atoms with E-state index in [1.165, 1.54) is 0 Å². The fraction of sp³-hybridized carbons (Fsp3) is 0.364. The number of esters is 1. The number of sulfone groups is 1. The molecule has 0 aliphatic carbocycles. The molecule has 1 aromatic carbocycles. The monoisotopic (exact) mass is 318 g/mol. The summed E-state index contributed by atoms with van der Waals surface area (Å²) in [6.07, 6.45) is -0.604. The Kier molecular flexibility index (Phi) is 3.53. The van der Waals surface area contributed by atoms with Crippen LogP contribution in [0.5, 0.6) is 0 Å². The highest BCUT2D eigenvalue weighted by Gasteiger charge is 2.38. The fourth-order valence-electron chi connectivity index (χ4n) is 1.66. The fourth-order valence-corrected chi connectivity index (χ4v) is 5.05. The van der Waals surface area contributed by atoms with E-state index in [1.54, 1.807) is 30.3 Å². The summed E-state index contributed by atoms with van der Waals surface area (Å²) in [7, 11) is -3.10. The van der Waals surface area contributed by atoms with Crippen molar-refractivity contribution >= 4 is 31.7 Å². The molecule has 0 spiro atoms. The van der Waals surface area contributed by atoms with Crippen molar-refractivity contribution in [3.05, 3.63) is 35.9 Å². The van der Waals surface area contributed by atoms with Crippen LogP contribution in [0.3, 0.4) is 0 Å². The minimum absolute atomic E-state index is 0.0136. The van der Waals surface area contributed by atoms with Crippen molar-refractivity contribution in [2.24, 2.45) is 0 Å². The summed E-state index contributed by atoms with van der Waals surface area (Å²) in [4.78, 5) is 11.4. The molecule has 0 bridgehead atoms. The zero-order valence-corrected chi connectivity index (χ0v) is 11.3. The Morgan fingerprint density at radius 2 is 1.88 bits per heavy atom. The third-order valence-electron chi connectivity index (χ3n) is 2.50. The Hall–Kier alpha value is -0.880. The number of hydrogen-bond acceptors (Lipinski definition) is 4. The number of hydrogen-bond donors (Lipinski definition) is 0. The van der Waals surface area contributed by atoms with E-state index in [2.05, 4.69) is 15.9 Å². The highest BCUT2D eigenvalue weighted by atomic mass is 79.9. The van der Waals surface area contributed by atoms with Gasteiger partial charge < -0.3 is 4.74 Å². The Labute approximate surface area is 108 Å². The topological polar surface area (TPSA) is 60.4 Å². The lowest BCUT2D eigenvalue weighted by Crippen LogP contribution is -2.25. The van der Waals surface area contributed by atoms with Gasteiger partial charge in [0, 0.05) is 0 Å². The van der Waals surface area contributed by atoms with Crippen molar-refractivity contribution in [3.63, 3.8) is 0 Å². The van der Waals surface area contributed by atoms with Crippen LogP contribution in [-0.4, -0.2) is 36.8 Å². The lowest BCUT2D eigenvalue weighted by Gasteiger charge is -2.13. The highest BCUT2D eigenvalue weighted by molar-refractivity contribution is 9.09. The van der Waals surface area contributed by atoms with Gasteiger partial charge in [-0.15, -0.1) is 0 Å². The normalized spacial score (nSPS) is 26.6. The van der Waals surface area contributed by atoms with Crippen LogP contribution in [0.15, 0.2) is 30.3 Å². The summed E-state index contributed by atoms with van der Waals surface area (Å²) in [6, 6.07) is 8.52. The molecule has 17 heavy (non-hydrogen) atoms. The van der Waals surface area contributed by atoms with Crippen LogP contribution in [0.25, 0.3) is 0 Å². The molecule has 0 N–H and O–H groups in total. The first-order valence-corrected chi connectivity index (χ1v) is 7.82. The van der Waals surface area contributed by atoms with Crippen LogP contribution in [0, 0.1) is 0 Å². The molecule has 0 aromatic heterocycles. The molecule has 1 aromatic rings. The largest absolute Gasteiger partial charge is 0.456 e. The van der Waals surface area contributed by atoms with Gasteiger partial charge in [-0.2, -0.15) is 0 Å². The SMILES string of the molecule is O=C(OC1CS(=O)(=O)CC1Br)c1ccccc1. The molecule has 1 aliphatic heterocycles. The maximum absolute atomic E-state index is 11.7. The molecule has 6 heteroatoms.